The van der Waals surface area contributed by atoms with Crippen LogP contribution in [0.25, 0.3) is 0 Å². The number of rotatable bonds is 1. The zero-order chi connectivity index (χ0) is 9.97. The molecule has 1 fully saturated rings. The highest BCUT2D eigenvalue weighted by molar-refractivity contribution is 5.65. The number of anilines is 2. The fourth-order valence-corrected chi connectivity index (χ4v) is 1.77. The first kappa shape index (κ1) is 9.27. The topological polar surface area (TPSA) is 62.4 Å². The highest BCUT2D eigenvalue weighted by Crippen LogP contribution is 2.24. The molecule has 0 unspecified atom stereocenters. The third kappa shape index (κ3) is 1.80. The molecular weight excluding hydrogens is 178 g/mol. The second-order valence-corrected chi connectivity index (χ2v) is 3.65. The van der Waals surface area contributed by atoms with Gasteiger partial charge in [-0.1, -0.05) is 0 Å². The van der Waals surface area contributed by atoms with E-state index in [9.17, 15) is 5.11 Å². The van der Waals surface area contributed by atoms with Crippen LogP contribution in [0, 0.1) is 0 Å². The maximum absolute atomic E-state index is 9.37. The Morgan fingerprint density at radius 1 is 1.43 bits per heavy atom. The summed E-state index contributed by atoms with van der Waals surface area (Å²) in [5.41, 5.74) is 7.59. The Labute approximate surface area is 83.4 Å². The fraction of sp³-hybridized carbons (Fsp3) is 0.500. The number of hydrogen-bond donors (Lipinski definition) is 2. The Morgan fingerprint density at radius 2 is 2.14 bits per heavy atom. The summed E-state index contributed by atoms with van der Waals surface area (Å²) < 4.78 is 0. The monoisotopic (exact) mass is 193 g/mol. The van der Waals surface area contributed by atoms with E-state index in [1.54, 1.807) is 18.5 Å². The first-order chi connectivity index (χ1) is 6.77. The van der Waals surface area contributed by atoms with Gasteiger partial charge in [0.25, 0.3) is 0 Å². The quantitative estimate of drug-likeness (QED) is 0.686. The molecule has 1 aliphatic rings. The summed E-state index contributed by atoms with van der Waals surface area (Å²) in [6.07, 6.45) is 4.96. The van der Waals surface area contributed by atoms with Crippen LogP contribution in [0.1, 0.15) is 12.8 Å². The van der Waals surface area contributed by atoms with Crippen LogP contribution in [0.5, 0.6) is 0 Å². The standard InChI is InChI=1S/C10H15N3O/c11-9-1-4-12-7-10(9)13-5-2-8(14)3-6-13/h1,4,7-8,14H,2-3,5-6H2,(H2,11,12). The lowest BCUT2D eigenvalue weighted by Gasteiger charge is -2.31. The molecule has 1 aliphatic heterocycles. The van der Waals surface area contributed by atoms with Gasteiger partial charge in [0.05, 0.1) is 23.7 Å². The van der Waals surface area contributed by atoms with E-state index in [1.165, 1.54) is 0 Å². The molecule has 0 aromatic carbocycles. The highest BCUT2D eigenvalue weighted by atomic mass is 16.3. The zero-order valence-electron chi connectivity index (χ0n) is 8.06. The van der Waals surface area contributed by atoms with Crippen LogP contribution in [0.4, 0.5) is 11.4 Å². The van der Waals surface area contributed by atoms with Gasteiger partial charge in [-0.15, -0.1) is 0 Å². The summed E-state index contributed by atoms with van der Waals surface area (Å²) in [5.74, 6) is 0. The average molecular weight is 193 g/mol. The predicted molar refractivity (Wildman–Crippen MR) is 56.1 cm³/mol. The van der Waals surface area contributed by atoms with Gasteiger partial charge in [-0.3, -0.25) is 4.98 Å². The van der Waals surface area contributed by atoms with Crippen LogP contribution in [0.3, 0.4) is 0 Å². The van der Waals surface area contributed by atoms with Crippen LogP contribution in [-0.4, -0.2) is 29.3 Å². The Bertz CT molecular complexity index is 308. The number of nitrogens with zero attached hydrogens (tertiary/aromatic N) is 2. The van der Waals surface area contributed by atoms with Crippen molar-refractivity contribution >= 4 is 11.4 Å². The minimum Gasteiger partial charge on any atom is -0.397 e. The van der Waals surface area contributed by atoms with E-state index in [0.717, 1.165) is 37.3 Å². The molecule has 4 heteroatoms. The van der Waals surface area contributed by atoms with Crippen molar-refractivity contribution in [2.45, 2.75) is 18.9 Å². The predicted octanol–water partition coefficient (Wildman–Crippen LogP) is 0.625. The minimum absolute atomic E-state index is 0.149. The molecule has 14 heavy (non-hydrogen) atoms. The molecule has 0 amide bonds. The van der Waals surface area contributed by atoms with E-state index in [2.05, 4.69) is 9.88 Å². The third-order valence-corrected chi connectivity index (χ3v) is 2.64. The number of piperidine rings is 1. The van der Waals surface area contributed by atoms with Gasteiger partial charge in [-0.05, 0) is 18.9 Å². The number of pyridine rings is 1. The van der Waals surface area contributed by atoms with Crippen molar-refractivity contribution in [3.05, 3.63) is 18.5 Å². The largest absolute Gasteiger partial charge is 0.397 e. The van der Waals surface area contributed by atoms with E-state index in [4.69, 9.17) is 5.73 Å². The van der Waals surface area contributed by atoms with E-state index in [-0.39, 0.29) is 6.10 Å². The summed E-state index contributed by atoms with van der Waals surface area (Å²) in [6, 6.07) is 1.81. The summed E-state index contributed by atoms with van der Waals surface area (Å²) in [4.78, 5) is 6.23. The smallest absolute Gasteiger partial charge is 0.0786 e. The number of aromatic nitrogens is 1. The van der Waals surface area contributed by atoms with Crippen molar-refractivity contribution in [1.29, 1.82) is 0 Å². The number of nitrogen functional groups attached to an aromatic ring is 1. The van der Waals surface area contributed by atoms with Crippen LogP contribution >= 0.6 is 0 Å². The SMILES string of the molecule is Nc1ccncc1N1CCC(O)CC1. The lowest BCUT2D eigenvalue weighted by molar-refractivity contribution is 0.145. The first-order valence-corrected chi connectivity index (χ1v) is 4.90. The zero-order valence-corrected chi connectivity index (χ0v) is 8.06. The summed E-state index contributed by atoms with van der Waals surface area (Å²) in [7, 11) is 0. The van der Waals surface area contributed by atoms with E-state index in [0.29, 0.717) is 0 Å². The molecule has 1 aromatic rings. The summed E-state index contributed by atoms with van der Waals surface area (Å²) in [5, 5.41) is 9.37. The van der Waals surface area contributed by atoms with Gasteiger partial charge >= 0.3 is 0 Å². The first-order valence-electron chi connectivity index (χ1n) is 4.90. The van der Waals surface area contributed by atoms with Crippen molar-refractivity contribution in [3.8, 4) is 0 Å². The van der Waals surface area contributed by atoms with Gasteiger partial charge in [0, 0.05) is 19.3 Å². The van der Waals surface area contributed by atoms with Gasteiger partial charge in [-0.2, -0.15) is 0 Å². The molecule has 1 saturated heterocycles. The van der Waals surface area contributed by atoms with Gasteiger partial charge in [-0.25, -0.2) is 0 Å². The molecule has 0 spiro atoms. The van der Waals surface area contributed by atoms with E-state index >= 15 is 0 Å². The molecule has 2 heterocycles. The van der Waals surface area contributed by atoms with Crippen LogP contribution in [0.2, 0.25) is 0 Å². The molecular formula is C10H15N3O. The Morgan fingerprint density at radius 3 is 2.79 bits per heavy atom. The van der Waals surface area contributed by atoms with Crippen molar-refractivity contribution in [2.24, 2.45) is 0 Å². The maximum atomic E-state index is 9.37. The van der Waals surface area contributed by atoms with Crippen molar-refractivity contribution < 1.29 is 5.11 Å². The third-order valence-electron chi connectivity index (χ3n) is 2.64. The fourth-order valence-electron chi connectivity index (χ4n) is 1.77. The second-order valence-electron chi connectivity index (χ2n) is 3.65. The normalized spacial score (nSPS) is 18.5. The summed E-state index contributed by atoms with van der Waals surface area (Å²) in [6.45, 7) is 1.72. The molecule has 76 valence electrons. The molecule has 4 nitrogen and oxygen atoms in total. The Hall–Kier alpha value is -1.29. The maximum Gasteiger partial charge on any atom is 0.0786 e. The van der Waals surface area contributed by atoms with Gasteiger partial charge in [0.2, 0.25) is 0 Å². The molecule has 2 rings (SSSR count). The molecule has 0 radical (unpaired) electrons. The van der Waals surface area contributed by atoms with Crippen molar-refractivity contribution in [3.63, 3.8) is 0 Å². The number of hydrogen-bond acceptors (Lipinski definition) is 4. The van der Waals surface area contributed by atoms with Crippen LogP contribution in [0.15, 0.2) is 18.5 Å². The molecule has 0 saturated carbocycles. The lowest BCUT2D eigenvalue weighted by Crippen LogP contribution is -2.36. The van der Waals surface area contributed by atoms with Gasteiger partial charge in [0.15, 0.2) is 0 Å². The van der Waals surface area contributed by atoms with Crippen molar-refractivity contribution in [2.75, 3.05) is 23.7 Å². The Balaban J connectivity index is 2.12. The van der Waals surface area contributed by atoms with Crippen LogP contribution in [-0.2, 0) is 0 Å². The molecule has 0 aliphatic carbocycles. The van der Waals surface area contributed by atoms with Gasteiger partial charge < -0.3 is 15.7 Å². The Kier molecular flexibility index (Phi) is 2.54. The minimum atomic E-state index is -0.149. The molecule has 3 N–H and O–H groups in total. The van der Waals surface area contributed by atoms with E-state index in [1.807, 2.05) is 0 Å². The highest BCUT2D eigenvalue weighted by Gasteiger charge is 2.18. The second kappa shape index (κ2) is 3.84. The molecule has 1 aromatic heterocycles. The average Bonchev–Trinajstić information content (AvgIpc) is 2.20. The van der Waals surface area contributed by atoms with Crippen molar-refractivity contribution in [1.82, 2.24) is 4.98 Å². The number of aliphatic hydroxyl groups excluding tert-OH is 1. The summed E-state index contributed by atoms with van der Waals surface area (Å²) >= 11 is 0. The number of aliphatic hydroxyl groups is 1. The molecule has 0 atom stereocenters. The number of nitrogens with two attached hydrogens (primary N) is 1. The van der Waals surface area contributed by atoms with Crippen LogP contribution < -0.4 is 10.6 Å². The molecule has 0 bridgehead atoms. The van der Waals surface area contributed by atoms with E-state index < -0.39 is 0 Å². The van der Waals surface area contributed by atoms with Gasteiger partial charge in [0.1, 0.15) is 0 Å². The lowest BCUT2D eigenvalue weighted by atomic mass is 10.1.